The Morgan fingerprint density at radius 3 is 2.61 bits per heavy atom. The zero-order chi connectivity index (χ0) is 24.0. The summed E-state index contributed by atoms with van der Waals surface area (Å²) in [5.74, 6) is -1.06. The standard InChI is InChI=1S/C24H26FN3O4S/c1-15-21(23(30)32-12-11-31-3)22(27-24(33)28(15)2)17-5-4-6-19(14-17)26-20(29)13-16-7-9-18(25)10-8-16/h4-10,14,22H,11-13H2,1-3H3,(H,26,29)(H,27,33)/t22-/m1/s1. The molecule has 0 bridgehead atoms. The molecule has 0 saturated heterocycles. The van der Waals surface area contributed by atoms with Crippen LogP contribution in [0.2, 0.25) is 0 Å². The molecule has 0 radical (unpaired) electrons. The van der Waals surface area contributed by atoms with Gasteiger partial charge in [-0.25, -0.2) is 9.18 Å². The summed E-state index contributed by atoms with van der Waals surface area (Å²) in [6, 6.07) is 12.4. The fourth-order valence-corrected chi connectivity index (χ4v) is 3.69. The highest BCUT2D eigenvalue weighted by molar-refractivity contribution is 7.80. The quantitative estimate of drug-likeness (QED) is 0.347. The lowest BCUT2D eigenvalue weighted by molar-refractivity contribution is -0.140. The minimum absolute atomic E-state index is 0.108. The number of rotatable bonds is 8. The lowest BCUT2D eigenvalue weighted by Gasteiger charge is -2.35. The molecule has 2 aromatic carbocycles. The molecule has 0 aromatic heterocycles. The van der Waals surface area contributed by atoms with Gasteiger partial charge >= 0.3 is 5.97 Å². The van der Waals surface area contributed by atoms with Crippen LogP contribution in [0, 0.1) is 5.82 Å². The molecular weight excluding hydrogens is 445 g/mol. The Morgan fingerprint density at radius 1 is 1.18 bits per heavy atom. The third-order valence-electron chi connectivity index (χ3n) is 5.28. The van der Waals surface area contributed by atoms with Crippen molar-refractivity contribution in [1.82, 2.24) is 10.2 Å². The number of benzene rings is 2. The van der Waals surface area contributed by atoms with Crippen LogP contribution in [-0.4, -0.2) is 49.3 Å². The minimum Gasteiger partial charge on any atom is -0.460 e. The van der Waals surface area contributed by atoms with Gasteiger partial charge < -0.3 is 25.0 Å². The molecule has 1 atom stereocenters. The number of carbonyl (C=O) groups excluding carboxylic acids is 2. The highest BCUT2D eigenvalue weighted by Gasteiger charge is 2.33. The molecule has 33 heavy (non-hydrogen) atoms. The maximum atomic E-state index is 13.1. The van der Waals surface area contributed by atoms with E-state index in [1.807, 2.05) is 6.07 Å². The number of hydrogen-bond donors (Lipinski definition) is 2. The fourth-order valence-electron chi connectivity index (χ4n) is 3.43. The number of thiocarbonyl (C=S) groups is 1. The van der Waals surface area contributed by atoms with E-state index in [4.69, 9.17) is 21.7 Å². The third-order valence-corrected chi connectivity index (χ3v) is 5.67. The van der Waals surface area contributed by atoms with Crippen LogP contribution in [0.3, 0.4) is 0 Å². The zero-order valence-corrected chi connectivity index (χ0v) is 19.5. The number of nitrogens with zero attached hydrogens (tertiary/aromatic N) is 1. The molecule has 0 aliphatic carbocycles. The van der Waals surface area contributed by atoms with Gasteiger partial charge in [0, 0.05) is 25.5 Å². The first kappa shape index (κ1) is 24.3. The van der Waals surface area contributed by atoms with Crippen LogP contribution in [0.15, 0.2) is 59.8 Å². The average Bonchev–Trinajstić information content (AvgIpc) is 2.79. The van der Waals surface area contributed by atoms with Crippen molar-refractivity contribution in [2.24, 2.45) is 0 Å². The summed E-state index contributed by atoms with van der Waals surface area (Å²) in [7, 11) is 3.31. The van der Waals surface area contributed by atoms with E-state index in [2.05, 4.69) is 10.6 Å². The van der Waals surface area contributed by atoms with Crippen LogP contribution in [0.1, 0.15) is 24.1 Å². The summed E-state index contributed by atoms with van der Waals surface area (Å²) >= 11 is 5.43. The number of anilines is 1. The number of methoxy groups -OCH3 is 1. The number of carbonyl (C=O) groups is 2. The monoisotopic (exact) mass is 471 g/mol. The van der Waals surface area contributed by atoms with Gasteiger partial charge in [0.05, 0.1) is 24.6 Å². The maximum absolute atomic E-state index is 13.1. The lowest BCUT2D eigenvalue weighted by Crippen LogP contribution is -2.46. The van der Waals surface area contributed by atoms with Crippen LogP contribution >= 0.6 is 12.2 Å². The normalized spacial score (nSPS) is 15.8. The summed E-state index contributed by atoms with van der Waals surface area (Å²) in [5, 5.41) is 6.50. The number of nitrogens with one attached hydrogen (secondary N) is 2. The van der Waals surface area contributed by atoms with Crippen molar-refractivity contribution in [3.05, 3.63) is 76.7 Å². The van der Waals surface area contributed by atoms with Crippen molar-refractivity contribution in [3.63, 3.8) is 0 Å². The highest BCUT2D eigenvalue weighted by atomic mass is 32.1. The molecule has 0 saturated carbocycles. The summed E-state index contributed by atoms with van der Waals surface area (Å²) in [6.07, 6.45) is 0.108. The molecule has 174 valence electrons. The average molecular weight is 472 g/mol. The van der Waals surface area contributed by atoms with E-state index in [-0.39, 0.29) is 24.8 Å². The van der Waals surface area contributed by atoms with Gasteiger partial charge in [-0.1, -0.05) is 24.3 Å². The third kappa shape index (κ3) is 6.15. The summed E-state index contributed by atoms with van der Waals surface area (Å²) in [6.45, 7) is 2.23. The summed E-state index contributed by atoms with van der Waals surface area (Å²) in [4.78, 5) is 27.1. The van der Waals surface area contributed by atoms with Gasteiger partial charge in [-0.15, -0.1) is 0 Å². The Bertz CT molecular complexity index is 1070. The Morgan fingerprint density at radius 2 is 1.91 bits per heavy atom. The Hall–Kier alpha value is -3.30. The van der Waals surface area contributed by atoms with E-state index in [1.54, 1.807) is 49.2 Å². The highest BCUT2D eigenvalue weighted by Crippen LogP contribution is 2.32. The molecule has 9 heteroatoms. The summed E-state index contributed by atoms with van der Waals surface area (Å²) in [5.41, 5.74) is 3.11. The van der Waals surface area contributed by atoms with Crippen LogP contribution in [0.5, 0.6) is 0 Å². The smallest absolute Gasteiger partial charge is 0.338 e. The topological polar surface area (TPSA) is 79.9 Å². The Labute approximate surface area is 197 Å². The molecule has 2 aromatic rings. The second-order valence-corrected chi connectivity index (χ2v) is 7.93. The largest absolute Gasteiger partial charge is 0.460 e. The first-order valence-corrected chi connectivity index (χ1v) is 10.8. The van der Waals surface area contributed by atoms with E-state index in [0.29, 0.717) is 34.2 Å². The van der Waals surface area contributed by atoms with Gasteiger partial charge in [-0.3, -0.25) is 4.79 Å². The van der Waals surface area contributed by atoms with Gasteiger partial charge in [0.2, 0.25) is 5.91 Å². The van der Waals surface area contributed by atoms with Gasteiger partial charge in [0.15, 0.2) is 5.11 Å². The van der Waals surface area contributed by atoms with E-state index < -0.39 is 12.0 Å². The number of esters is 1. The van der Waals surface area contributed by atoms with Crippen LogP contribution in [-0.2, 0) is 25.5 Å². The zero-order valence-electron chi connectivity index (χ0n) is 18.7. The molecule has 1 aliphatic heterocycles. The first-order chi connectivity index (χ1) is 15.8. The van der Waals surface area contributed by atoms with Crippen molar-refractivity contribution >= 4 is 34.9 Å². The number of hydrogen-bond acceptors (Lipinski definition) is 5. The molecule has 0 unspecified atom stereocenters. The minimum atomic E-state index is -0.544. The van der Waals surface area contributed by atoms with Crippen LogP contribution in [0.4, 0.5) is 10.1 Å². The molecular formula is C24H26FN3O4S. The van der Waals surface area contributed by atoms with Crippen LogP contribution in [0.25, 0.3) is 0 Å². The van der Waals surface area contributed by atoms with Crippen molar-refractivity contribution < 1.29 is 23.5 Å². The summed E-state index contributed by atoms with van der Waals surface area (Å²) < 4.78 is 23.4. The predicted molar refractivity (Wildman–Crippen MR) is 127 cm³/mol. The lowest BCUT2D eigenvalue weighted by atomic mass is 9.95. The van der Waals surface area contributed by atoms with Gasteiger partial charge in [-0.05, 0) is 54.5 Å². The molecule has 1 aliphatic rings. The van der Waals surface area contributed by atoms with E-state index in [0.717, 1.165) is 5.56 Å². The SMILES string of the molecule is COCCOC(=O)C1=C(C)N(C)C(=S)N[C@@H]1c1cccc(NC(=O)Cc2ccc(F)cc2)c1. The number of halogens is 1. The molecule has 3 rings (SSSR count). The molecule has 1 amide bonds. The van der Waals surface area contributed by atoms with Crippen molar-refractivity contribution in [3.8, 4) is 0 Å². The van der Waals surface area contributed by atoms with E-state index >= 15 is 0 Å². The van der Waals surface area contributed by atoms with Crippen molar-refractivity contribution in [2.75, 3.05) is 32.7 Å². The maximum Gasteiger partial charge on any atom is 0.338 e. The second kappa shape index (κ2) is 11.0. The molecule has 2 N–H and O–H groups in total. The van der Waals surface area contributed by atoms with Gasteiger partial charge in [-0.2, -0.15) is 0 Å². The first-order valence-electron chi connectivity index (χ1n) is 10.4. The predicted octanol–water partition coefficient (Wildman–Crippen LogP) is 3.33. The molecule has 0 fully saturated rings. The van der Waals surface area contributed by atoms with E-state index in [9.17, 15) is 14.0 Å². The molecule has 1 heterocycles. The van der Waals surface area contributed by atoms with Crippen molar-refractivity contribution in [1.29, 1.82) is 0 Å². The van der Waals surface area contributed by atoms with Crippen LogP contribution < -0.4 is 10.6 Å². The van der Waals surface area contributed by atoms with Gasteiger partial charge in [0.1, 0.15) is 12.4 Å². The second-order valence-electron chi connectivity index (χ2n) is 7.55. The Kier molecular flexibility index (Phi) is 8.13. The fraction of sp³-hybridized carbons (Fsp3) is 0.292. The molecule has 7 nitrogen and oxygen atoms in total. The number of ether oxygens (including phenoxy) is 2. The number of allylic oxidation sites excluding steroid dienone is 1. The van der Waals surface area contributed by atoms with Crippen molar-refractivity contribution in [2.45, 2.75) is 19.4 Å². The number of amides is 1. The Balaban J connectivity index is 1.81. The van der Waals surface area contributed by atoms with Gasteiger partial charge in [0.25, 0.3) is 0 Å². The molecule has 0 spiro atoms. The van der Waals surface area contributed by atoms with E-state index in [1.165, 1.54) is 19.2 Å².